The lowest BCUT2D eigenvalue weighted by Crippen LogP contribution is -1.93. The minimum atomic E-state index is -0.0182. The van der Waals surface area contributed by atoms with Gasteiger partial charge in [-0.15, -0.1) is 0 Å². The van der Waals surface area contributed by atoms with E-state index in [0.29, 0.717) is 11.7 Å². The second kappa shape index (κ2) is 8.59. The molecule has 140 valence electrons. The predicted octanol–water partition coefficient (Wildman–Crippen LogP) is 4.47. The lowest BCUT2D eigenvalue weighted by molar-refractivity contribution is 0.282. The normalized spacial score (nSPS) is 10.9. The first kappa shape index (κ1) is 18.1. The van der Waals surface area contributed by atoms with Gasteiger partial charge in [-0.3, -0.25) is 4.98 Å². The number of hydrogen-bond acceptors (Lipinski definition) is 5. The van der Waals surface area contributed by atoms with Crippen molar-refractivity contribution in [2.24, 2.45) is 0 Å². The van der Waals surface area contributed by atoms with E-state index >= 15 is 0 Å². The lowest BCUT2D eigenvalue weighted by Gasteiger charge is -2.06. The Morgan fingerprint density at radius 1 is 0.857 bits per heavy atom. The molecule has 5 heteroatoms. The van der Waals surface area contributed by atoms with Crippen LogP contribution in [0.15, 0.2) is 77.4 Å². The van der Waals surface area contributed by atoms with E-state index in [1.807, 2.05) is 42.5 Å². The molecule has 28 heavy (non-hydrogen) atoms. The SMILES string of the molecule is OCc1ccccc1-c1ccc(-c2nc(CCCc3ccccc3)no2)cn1. The number of aromatic nitrogens is 3. The third-order valence-electron chi connectivity index (χ3n) is 4.65. The first-order chi connectivity index (χ1) is 13.8. The van der Waals surface area contributed by atoms with Crippen molar-refractivity contribution in [3.05, 3.63) is 89.9 Å². The van der Waals surface area contributed by atoms with Crippen LogP contribution < -0.4 is 0 Å². The summed E-state index contributed by atoms with van der Waals surface area (Å²) in [7, 11) is 0. The van der Waals surface area contributed by atoms with E-state index in [1.165, 1.54) is 5.56 Å². The molecule has 0 bridgehead atoms. The summed E-state index contributed by atoms with van der Waals surface area (Å²) in [6, 6.07) is 21.9. The third kappa shape index (κ3) is 4.15. The van der Waals surface area contributed by atoms with Crippen molar-refractivity contribution in [1.82, 2.24) is 15.1 Å². The number of pyridine rings is 1. The fourth-order valence-corrected chi connectivity index (χ4v) is 3.16. The number of aliphatic hydroxyl groups is 1. The summed E-state index contributed by atoms with van der Waals surface area (Å²) in [4.78, 5) is 9.00. The molecule has 0 saturated carbocycles. The van der Waals surface area contributed by atoms with Crippen molar-refractivity contribution < 1.29 is 9.63 Å². The van der Waals surface area contributed by atoms with E-state index in [9.17, 15) is 5.11 Å². The molecule has 0 aliphatic rings. The van der Waals surface area contributed by atoms with E-state index in [-0.39, 0.29) is 6.61 Å². The van der Waals surface area contributed by atoms with Crippen molar-refractivity contribution >= 4 is 0 Å². The Morgan fingerprint density at radius 3 is 2.46 bits per heavy atom. The van der Waals surface area contributed by atoms with Crippen molar-refractivity contribution in [3.63, 3.8) is 0 Å². The molecule has 0 fully saturated rings. The Labute approximate surface area is 163 Å². The van der Waals surface area contributed by atoms with Crippen LogP contribution in [-0.4, -0.2) is 20.2 Å². The van der Waals surface area contributed by atoms with Crippen LogP contribution in [0.2, 0.25) is 0 Å². The van der Waals surface area contributed by atoms with Crippen molar-refractivity contribution in [1.29, 1.82) is 0 Å². The van der Waals surface area contributed by atoms with Gasteiger partial charge in [0.15, 0.2) is 5.82 Å². The standard InChI is InChI=1S/C23H21N3O2/c27-16-19-10-4-5-11-20(19)21-14-13-18(15-24-21)23-25-22(26-28-23)12-6-9-17-7-2-1-3-8-17/h1-5,7-8,10-11,13-15,27H,6,9,12,16H2. The topological polar surface area (TPSA) is 72.0 Å². The predicted molar refractivity (Wildman–Crippen MR) is 107 cm³/mol. The molecule has 0 spiro atoms. The van der Waals surface area contributed by atoms with Crippen LogP contribution in [0, 0.1) is 0 Å². The molecule has 4 rings (SSSR count). The van der Waals surface area contributed by atoms with Gasteiger partial charge in [-0.1, -0.05) is 59.8 Å². The molecule has 5 nitrogen and oxygen atoms in total. The van der Waals surface area contributed by atoms with Crippen LogP contribution >= 0.6 is 0 Å². The van der Waals surface area contributed by atoms with Gasteiger partial charge >= 0.3 is 0 Å². The van der Waals surface area contributed by atoms with Crippen LogP contribution in [0.4, 0.5) is 0 Å². The zero-order valence-electron chi connectivity index (χ0n) is 15.5. The van der Waals surface area contributed by atoms with Crippen molar-refractivity contribution in [2.45, 2.75) is 25.9 Å². The summed E-state index contributed by atoms with van der Waals surface area (Å²) in [5.74, 6) is 1.19. The Balaban J connectivity index is 1.42. The largest absolute Gasteiger partial charge is 0.392 e. The van der Waals surface area contributed by atoms with Gasteiger partial charge in [0, 0.05) is 18.2 Å². The molecule has 0 radical (unpaired) electrons. The Hall–Kier alpha value is -3.31. The molecule has 2 heterocycles. The second-order valence-corrected chi connectivity index (χ2v) is 6.60. The number of hydrogen-bond donors (Lipinski definition) is 1. The van der Waals surface area contributed by atoms with E-state index in [1.54, 1.807) is 6.20 Å². The van der Waals surface area contributed by atoms with Crippen molar-refractivity contribution in [2.75, 3.05) is 0 Å². The fourth-order valence-electron chi connectivity index (χ4n) is 3.16. The molecule has 0 aliphatic heterocycles. The molecule has 0 saturated heterocycles. The van der Waals surface area contributed by atoms with Gasteiger partial charge in [-0.25, -0.2) is 0 Å². The highest BCUT2D eigenvalue weighted by Gasteiger charge is 2.11. The maximum absolute atomic E-state index is 9.50. The summed E-state index contributed by atoms with van der Waals surface area (Å²) < 4.78 is 5.40. The van der Waals surface area contributed by atoms with Gasteiger partial charge in [-0.05, 0) is 36.1 Å². The highest BCUT2D eigenvalue weighted by Crippen LogP contribution is 2.24. The summed E-state index contributed by atoms with van der Waals surface area (Å²) in [6.45, 7) is -0.0182. The van der Waals surface area contributed by atoms with Gasteiger partial charge in [0.05, 0.1) is 17.9 Å². The van der Waals surface area contributed by atoms with Gasteiger partial charge < -0.3 is 9.63 Å². The molecule has 2 aromatic carbocycles. The Bertz CT molecular complexity index is 1030. The van der Waals surface area contributed by atoms with Crippen LogP contribution in [0.5, 0.6) is 0 Å². The summed E-state index contributed by atoms with van der Waals surface area (Å²) in [5.41, 5.74) is 4.67. The molecule has 2 aromatic heterocycles. The minimum absolute atomic E-state index is 0.0182. The monoisotopic (exact) mass is 371 g/mol. The maximum atomic E-state index is 9.50. The van der Waals surface area contributed by atoms with E-state index in [2.05, 4.69) is 39.4 Å². The number of benzene rings is 2. The molecule has 0 amide bonds. The van der Waals surface area contributed by atoms with Crippen LogP contribution in [-0.2, 0) is 19.4 Å². The Morgan fingerprint density at radius 2 is 1.68 bits per heavy atom. The van der Waals surface area contributed by atoms with E-state index < -0.39 is 0 Å². The quantitative estimate of drug-likeness (QED) is 0.519. The van der Waals surface area contributed by atoms with Crippen LogP contribution in [0.1, 0.15) is 23.4 Å². The Kier molecular flexibility index (Phi) is 5.54. The summed E-state index contributed by atoms with van der Waals surface area (Å²) in [6.07, 6.45) is 4.46. The molecule has 0 aliphatic carbocycles. The van der Waals surface area contributed by atoms with E-state index in [4.69, 9.17) is 4.52 Å². The number of nitrogens with zero attached hydrogens (tertiary/aromatic N) is 3. The molecular weight excluding hydrogens is 350 g/mol. The first-order valence-corrected chi connectivity index (χ1v) is 9.35. The van der Waals surface area contributed by atoms with Gasteiger partial charge in [0.2, 0.25) is 0 Å². The van der Waals surface area contributed by atoms with Crippen LogP contribution in [0.25, 0.3) is 22.7 Å². The minimum Gasteiger partial charge on any atom is -0.392 e. The van der Waals surface area contributed by atoms with Crippen LogP contribution in [0.3, 0.4) is 0 Å². The number of rotatable bonds is 7. The third-order valence-corrected chi connectivity index (χ3v) is 4.65. The smallest absolute Gasteiger partial charge is 0.259 e. The summed E-state index contributed by atoms with van der Waals surface area (Å²) >= 11 is 0. The second-order valence-electron chi connectivity index (χ2n) is 6.60. The fraction of sp³-hybridized carbons (Fsp3) is 0.174. The van der Waals surface area contributed by atoms with Gasteiger partial charge in [0.25, 0.3) is 5.89 Å². The molecule has 1 N–H and O–H groups in total. The average Bonchev–Trinajstić information content (AvgIpc) is 3.23. The molecule has 0 unspecified atom stereocenters. The maximum Gasteiger partial charge on any atom is 0.259 e. The number of aliphatic hydroxyl groups excluding tert-OH is 1. The van der Waals surface area contributed by atoms with Crippen molar-refractivity contribution in [3.8, 4) is 22.7 Å². The summed E-state index contributed by atoms with van der Waals surface area (Å²) in [5, 5.41) is 13.6. The van der Waals surface area contributed by atoms with Gasteiger partial charge in [-0.2, -0.15) is 4.98 Å². The van der Waals surface area contributed by atoms with Gasteiger partial charge in [0.1, 0.15) is 0 Å². The zero-order valence-corrected chi connectivity index (χ0v) is 15.5. The molecule has 4 aromatic rings. The zero-order chi connectivity index (χ0) is 19.2. The molecule has 0 atom stereocenters. The highest BCUT2D eigenvalue weighted by atomic mass is 16.5. The number of aryl methyl sites for hydroxylation is 2. The first-order valence-electron chi connectivity index (χ1n) is 9.35. The highest BCUT2D eigenvalue weighted by molar-refractivity contribution is 5.65. The average molecular weight is 371 g/mol. The lowest BCUT2D eigenvalue weighted by atomic mass is 10.0. The molecular formula is C23H21N3O2. The van der Waals surface area contributed by atoms with E-state index in [0.717, 1.165) is 41.6 Å².